The molecule has 0 spiro atoms. The second kappa shape index (κ2) is 14.4. The average Bonchev–Trinajstić information content (AvgIpc) is 3.12. The molecule has 1 atom stereocenters. The molecule has 6 aromatic rings. The van der Waals surface area contributed by atoms with E-state index in [9.17, 15) is 5.26 Å². The highest BCUT2D eigenvalue weighted by atomic mass is 15.1. The highest BCUT2D eigenvalue weighted by Gasteiger charge is 2.14. The Labute approximate surface area is 267 Å². The summed E-state index contributed by atoms with van der Waals surface area (Å²) in [5, 5.41) is 9.32. The van der Waals surface area contributed by atoms with Crippen LogP contribution in [0.15, 0.2) is 158 Å². The van der Waals surface area contributed by atoms with E-state index in [0.29, 0.717) is 5.92 Å². The van der Waals surface area contributed by atoms with E-state index in [1.54, 1.807) is 0 Å². The largest absolute Gasteiger partial charge is 0.337 e. The summed E-state index contributed by atoms with van der Waals surface area (Å²) in [5.41, 5.74) is 11.8. The normalized spacial score (nSPS) is 11.5. The summed E-state index contributed by atoms with van der Waals surface area (Å²) in [5.74, 6) is 0.432. The third kappa shape index (κ3) is 7.40. The molecule has 6 aromatic carbocycles. The van der Waals surface area contributed by atoms with Gasteiger partial charge in [-0.3, -0.25) is 0 Å². The van der Waals surface area contributed by atoms with Gasteiger partial charge in [0.2, 0.25) is 0 Å². The van der Waals surface area contributed by atoms with Crippen LogP contribution < -0.4 is 4.90 Å². The molecule has 0 saturated heterocycles. The Morgan fingerprint density at radius 1 is 0.556 bits per heavy atom. The molecule has 0 aromatic heterocycles. The van der Waals surface area contributed by atoms with Crippen molar-refractivity contribution in [1.82, 2.24) is 0 Å². The molecule has 0 bridgehead atoms. The first-order chi connectivity index (χ1) is 22.2. The van der Waals surface area contributed by atoms with Crippen LogP contribution in [0.4, 0.5) is 11.4 Å². The number of rotatable bonds is 11. The van der Waals surface area contributed by atoms with Crippen LogP contribution in [-0.2, 0) is 13.0 Å². The van der Waals surface area contributed by atoms with Gasteiger partial charge in [0.15, 0.2) is 0 Å². The van der Waals surface area contributed by atoms with Crippen LogP contribution in [-0.4, -0.2) is 0 Å². The maximum atomic E-state index is 9.32. The second-order valence-corrected chi connectivity index (χ2v) is 11.7. The molecule has 0 fully saturated rings. The number of hydrogen-bond donors (Lipinski definition) is 0. The van der Waals surface area contributed by atoms with Crippen molar-refractivity contribution in [2.24, 2.45) is 0 Å². The first-order valence-corrected chi connectivity index (χ1v) is 15.9. The van der Waals surface area contributed by atoms with Crippen molar-refractivity contribution < 1.29 is 0 Å². The maximum Gasteiger partial charge on any atom is 0.0991 e. The molecule has 6 rings (SSSR count). The van der Waals surface area contributed by atoms with Crippen molar-refractivity contribution in [2.45, 2.75) is 38.6 Å². The smallest absolute Gasteiger partial charge is 0.0991 e. The Hall–Kier alpha value is -5.39. The van der Waals surface area contributed by atoms with E-state index >= 15 is 0 Å². The van der Waals surface area contributed by atoms with E-state index in [1.165, 1.54) is 44.6 Å². The molecule has 0 aliphatic carbocycles. The van der Waals surface area contributed by atoms with Gasteiger partial charge in [-0.25, -0.2) is 0 Å². The van der Waals surface area contributed by atoms with E-state index in [-0.39, 0.29) is 0 Å². The summed E-state index contributed by atoms with van der Waals surface area (Å²) in [6, 6.07) is 58.4. The van der Waals surface area contributed by atoms with Crippen molar-refractivity contribution in [3.05, 3.63) is 180 Å². The molecular formula is C43H38N2. The molecule has 220 valence electrons. The van der Waals surface area contributed by atoms with Gasteiger partial charge in [-0.2, -0.15) is 5.26 Å². The lowest BCUT2D eigenvalue weighted by Gasteiger charge is -2.26. The van der Waals surface area contributed by atoms with E-state index in [2.05, 4.69) is 157 Å². The Bertz CT molecular complexity index is 1830. The molecule has 0 heterocycles. The topological polar surface area (TPSA) is 27.0 Å². The van der Waals surface area contributed by atoms with Crippen LogP contribution in [0.3, 0.4) is 0 Å². The van der Waals surface area contributed by atoms with Crippen LogP contribution in [0.25, 0.3) is 22.3 Å². The quantitative estimate of drug-likeness (QED) is 0.152. The van der Waals surface area contributed by atoms with E-state index in [1.807, 2.05) is 18.2 Å². The molecule has 0 amide bonds. The minimum absolute atomic E-state index is 0.432. The van der Waals surface area contributed by atoms with E-state index in [0.717, 1.165) is 37.1 Å². The first-order valence-electron chi connectivity index (χ1n) is 15.9. The van der Waals surface area contributed by atoms with Gasteiger partial charge in [0, 0.05) is 17.9 Å². The average molecular weight is 583 g/mol. The predicted molar refractivity (Wildman–Crippen MR) is 189 cm³/mol. The Kier molecular flexibility index (Phi) is 9.49. The van der Waals surface area contributed by atoms with E-state index < -0.39 is 0 Å². The van der Waals surface area contributed by atoms with Gasteiger partial charge >= 0.3 is 0 Å². The van der Waals surface area contributed by atoms with Gasteiger partial charge in [0.1, 0.15) is 0 Å². The Morgan fingerprint density at radius 3 is 1.73 bits per heavy atom. The van der Waals surface area contributed by atoms with Crippen LogP contribution in [0.1, 0.15) is 47.9 Å². The van der Waals surface area contributed by atoms with Gasteiger partial charge in [0.05, 0.1) is 11.6 Å². The second-order valence-electron chi connectivity index (χ2n) is 11.7. The monoisotopic (exact) mass is 582 g/mol. The number of benzene rings is 6. The zero-order valence-electron chi connectivity index (χ0n) is 25.8. The molecule has 2 heteroatoms. The van der Waals surface area contributed by atoms with Gasteiger partial charge in [0.25, 0.3) is 0 Å². The van der Waals surface area contributed by atoms with Crippen molar-refractivity contribution in [3.63, 3.8) is 0 Å². The fraction of sp³-hybridized carbons (Fsp3) is 0.140. The van der Waals surface area contributed by atoms with Crippen LogP contribution in [0.2, 0.25) is 0 Å². The standard InChI is InChI=1S/C43H38N2/c1-2-10-41(30-34-11-9-12-35(29-34)31-44)40-23-21-38(22-24-40)39-25-27-43(28-26-39)45(42-15-7-4-8-16-42)32-33-17-19-37(20-18-33)36-13-5-3-6-14-36/h3-9,11-29,41H,2,10,30,32H2,1H3. The van der Waals surface area contributed by atoms with E-state index in [4.69, 9.17) is 0 Å². The molecule has 0 aliphatic rings. The Balaban J connectivity index is 1.20. The maximum absolute atomic E-state index is 9.32. The summed E-state index contributed by atoms with van der Waals surface area (Å²) in [7, 11) is 0. The zero-order chi connectivity index (χ0) is 30.8. The molecule has 0 saturated carbocycles. The van der Waals surface area contributed by atoms with Gasteiger partial charge in [-0.15, -0.1) is 0 Å². The highest BCUT2D eigenvalue weighted by Crippen LogP contribution is 2.32. The molecule has 1 unspecified atom stereocenters. The van der Waals surface area contributed by atoms with Crippen molar-refractivity contribution in [3.8, 4) is 28.3 Å². The summed E-state index contributed by atoms with van der Waals surface area (Å²) in [6.45, 7) is 3.02. The fourth-order valence-electron chi connectivity index (χ4n) is 6.12. The lowest BCUT2D eigenvalue weighted by molar-refractivity contribution is 0.610. The molecule has 45 heavy (non-hydrogen) atoms. The molecule has 2 nitrogen and oxygen atoms in total. The first kappa shape index (κ1) is 29.7. The zero-order valence-corrected chi connectivity index (χ0v) is 25.8. The number of anilines is 2. The lowest BCUT2D eigenvalue weighted by atomic mass is 9.87. The third-order valence-corrected chi connectivity index (χ3v) is 8.54. The number of hydrogen-bond acceptors (Lipinski definition) is 2. The lowest BCUT2D eigenvalue weighted by Crippen LogP contribution is -2.16. The van der Waals surface area contributed by atoms with Gasteiger partial charge in [-0.05, 0) is 94.1 Å². The highest BCUT2D eigenvalue weighted by molar-refractivity contribution is 5.70. The molecule has 0 radical (unpaired) electrons. The fourth-order valence-corrected chi connectivity index (χ4v) is 6.12. The SMILES string of the molecule is CCCC(Cc1cccc(C#N)c1)c1ccc(-c2ccc(N(Cc3ccc(-c4ccccc4)cc3)c3ccccc3)cc2)cc1. The predicted octanol–water partition coefficient (Wildman–Crippen LogP) is 11.4. The Morgan fingerprint density at radius 2 is 1.11 bits per heavy atom. The summed E-state index contributed by atoms with van der Waals surface area (Å²) >= 11 is 0. The molecular weight excluding hydrogens is 544 g/mol. The van der Waals surface area contributed by atoms with Crippen LogP contribution in [0, 0.1) is 11.3 Å². The number of para-hydroxylation sites is 1. The van der Waals surface area contributed by atoms with Crippen LogP contribution >= 0.6 is 0 Å². The van der Waals surface area contributed by atoms with Crippen molar-refractivity contribution in [1.29, 1.82) is 5.26 Å². The summed E-state index contributed by atoms with van der Waals surface area (Å²) in [6.07, 6.45) is 3.19. The summed E-state index contributed by atoms with van der Waals surface area (Å²) in [4.78, 5) is 2.38. The number of nitrogens with zero attached hydrogens (tertiary/aromatic N) is 2. The third-order valence-electron chi connectivity index (χ3n) is 8.54. The number of nitriles is 1. The minimum Gasteiger partial charge on any atom is -0.337 e. The van der Waals surface area contributed by atoms with Crippen molar-refractivity contribution >= 4 is 11.4 Å². The van der Waals surface area contributed by atoms with Gasteiger partial charge < -0.3 is 4.90 Å². The molecule has 0 N–H and O–H groups in total. The van der Waals surface area contributed by atoms with Gasteiger partial charge in [-0.1, -0.05) is 135 Å². The molecule has 0 aliphatic heterocycles. The van der Waals surface area contributed by atoms with Crippen LogP contribution in [0.5, 0.6) is 0 Å². The van der Waals surface area contributed by atoms with Crippen molar-refractivity contribution in [2.75, 3.05) is 4.90 Å². The summed E-state index contributed by atoms with van der Waals surface area (Å²) < 4.78 is 0. The minimum atomic E-state index is 0.432.